The number of anilines is 1. The Morgan fingerprint density at radius 2 is 1.89 bits per heavy atom. The molecule has 0 bridgehead atoms. The molecule has 6 heteroatoms. The van der Waals surface area contributed by atoms with Crippen molar-refractivity contribution in [2.75, 3.05) is 5.73 Å². The van der Waals surface area contributed by atoms with Gasteiger partial charge in [-0.05, 0) is 36.4 Å². The average Bonchev–Trinajstić information content (AvgIpc) is 2.83. The largest absolute Gasteiger partial charge is 0.508 e. The maximum atomic E-state index is 9.19. The zero-order valence-corrected chi connectivity index (χ0v) is 10.0. The molecule has 3 aromatic rings. The number of hydrogen-bond donors (Lipinski definition) is 2. The van der Waals surface area contributed by atoms with E-state index in [4.69, 9.17) is 10.5 Å². The van der Waals surface area contributed by atoms with Gasteiger partial charge in [0.1, 0.15) is 23.9 Å². The van der Waals surface area contributed by atoms with Crippen molar-refractivity contribution in [2.45, 2.75) is 6.61 Å². The standard InChI is InChI=1S/C13H12N4O2/c14-11-2-1-3-12-15-16-13(17(11)12)8-19-10-6-4-9(18)5-7-10/h1-7,18H,8,14H2. The second kappa shape index (κ2) is 4.49. The summed E-state index contributed by atoms with van der Waals surface area (Å²) in [5, 5.41) is 17.3. The number of hydrogen-bond acceptors (Lipinski definition) is 5. The van der Waals surface area contributed by atoms with Crippen molar-refractivity contribution in [3.05, 3.63) is 48.3 Å². The summed E-state index contributed by atoms with van der Waals surface area (Å²) in [6, 6.07) is 11.9. The Morgan fingerprint density at radius 3 is 2.68 bits per heavy atom. The Hall–Kier alpha value is -2.76. The lowest BCUT2D eigenvalue weighted by Crippen LogP contribution is -2.04. The van der Waals surface area contributed by atoms with Gasteiger partial charge in [0.15, 0.2) is 11.5 Å². The predicted octanol–water partition coefficient (Wildman–Crippen LogP) is 1.60. The van der Waals surface area contributed by atoms with Gasteiger partial charge in [0.2, 0.25) is 0 Å². The van der Waals surface area contributed by atoms with Crippen molar-refractivity contribution >= 4 is 11.5 Å². The van der Waals surface area contributed by atoms with Crippen molar-refractivity contribution < 1.29 is 9.84 Å². The van der Waals surface area contributed by atoms with Crippen molar-refractivity contribution in [1.82, 2.24) is 14.6 Å². The third-order valence-electron chi connectivity index (χ3n) is 2.73. The normalized spacial score (nSPS) is 10.7. The summed E-state index contributed by atoms with van der Waals surface area (Å²) in [6.45, 7) is 0.250. The van der Waals surface area contributed by atoms with Crippen molar-refractivity contribution in [1.29, 1.82) is 0 Å². The fourth-order valence-corrected chi connectivity index (χ4v) is 1.81. The number of nitrogen functional groups attached to an aromatic ring is 1. The van der Waals surface area contributed by atoms with E-state index in [1.165, 1.54) is 0 Å². The van der Waals surface area contributed by atoms with E-state index in [1.807, 2.05) is 12.1 Å². The molecule has 0 aliphatic rings. The number of ether oxygens (including phenoxy) is 1. The number of nitrogens with zero attached hydrogens (tertiary/aromatic N) is 3. The van der Waals surface area contributed by atoms with Crippen molar-refractivity contribution in [2.24, 2.45) is 0 Å². The lowest BCUT2D eigenvalue weighted by Gasteiger charge is -2.06. The molecular weight excluding hydrogens is 244 g/mol. The highest BCUT2D eigenvalue weighted by atomic mass is 16.5. The highest BCUT2D eigenvalue weighted by molar-refractivity contribution is 5.47. The van der Waals surface area contributed by atoms with Crippen LogP contribution in [0.25, 0.3) is 5.65 Å². The Kier molecular flexibility index (Phi) is 2.68. The van der Waals surface area contributed by atoms with Gasteiger partial charge in [-0.25, -0.2) is 0 Å². The first-order valence-electron chi connectivity index (χ1n) is 5.74. The molecule has 0 spiro atoms. The van der Waals surface area contributed by atoms with Gasteiger partial charge in [0.05, 0.1) is 0 Å². The van der Waals surface area contributed by atoms with Gasteiger partial charge < -0.3 is 15.6 Å². The van der Waals surface area contributed by atoms with Crippen LogP contribution in [0, 0.1) is 0 Å². The molecule has 6 nitrogen and oxygen atoms in total. The van der Waals surface area contributed by atoms with E-state index in [9.17, 15) is 5.11 Å². The molecule has 0 radical (unpaired) electrons. The van der Waals surface area contributed by atoms with E-state index in [2.05, 4.69) is 10.2 Å². The van der Waals surface area contributed by atoms with Crippen molar-refractivity contribution in [3.8, 4) is 11.5 Å². The monoisotopic (exact) mass is 256 g/mol. The number of benzene rings is 1. The summed E-state index contributed by atoms with van der Waals surface area (Å²) in [5.41, 5.74) is 6.57. The summed E-state index contributed by atoms with van der Waals surface area (Å²) < 4.78 is 7.32. The summed E-state index contributed by atoms with van der Waals surface area (Å²) >= 11 is 0. The third-order valence-corrected chi connectivity index (χ3v) is 2.73. The summed E-state index contributed by atoms with van der Waals surface area (Å²) in [5.74, 6) is 2.03. The zero-order valence-electron chi connectivity index (χ0n) is 10.0. The molecule has 0 aliphatic heterocycles. The first-order chi connectivity index (χ1) is 9.24. The lowest BCUT2D eigenvalue weighted by atomic mass is 10.3. The maximum Gasteiger partial charge on any atom is 0.177 e. The van der Waals surface area contributed by atoms with Gasteiger partial charge in [-0.1, -0.05) is 6.07 Å². The quantitative estimate of drug-likeness (QED) is 0.743. The molecule has 0 atom stereocenters. The minimum Gasteiger partial charge on any atom is -0.508 e. The molecule has 0 amide bonds. The molecule has 0 saturated carbocycles. The van der Waals surface area contributed by atoms with E-state index >= 15 is 0 Å². The summed E-state index contributed by atoms with van der Waals surface area (Å²) in [7, 11) is 0. The molecule has 0 unspecified atom stereocenters. The Morgan fingerprint density at radius 1 is 1.11 bits per heavy atom. The Bertz CT molecular complexity index is 706. The first-order valence-corrected chi connectivity index (χ1v) is 5.74. The van der Waals surface area contributed by atoms with Crippen LogP contribution >= 0.6 is 0 Å². The van der Waals surface area contributed by atoms with E-state index in [0.29, 0.717) is 23.0 Å². The van der Waals surface area contributed by atoms with Gasteiger partial charge in [0.25, 0.3) is 0 Å². The summed E-state index contributed by atoms with van der Waals surface area (Å²) in [6.07, 6.45) is 0. The van der Waals surface area contributed by atoms with Gasteiger partial charge in [-0.3, -0.25) is 4.40 Å². The minimum absolute atomic E-state index is 0.199. The molecule has 2 heterocycles. The second-order valence-electron chi connectivity index (χ2n) is 4.04. The van der Waals surface area contributed by atoms with E-state index in [0.717, 1.165) is 0 Å². The number of fused-ring (bicyclic) bond motifs is 1. The average molecular weight is 256 g/mol. The predicted molar refractivity (Wildman–Crippen MR) is 69.8 cm³/mol. The molecule has 0 fully saturated rings. The topological polar surface area (TPSA) is 85.7 Å². The highest BCUT2D eigenvalue weighted by Gasteiger charge is 2.08. The van der Waals surface area contributed by atoms with E-state index in [1.54, 1.807) is 34.7 Å². The van der Waals surface area contributed by atoms with Crippen LogP contribution in [-0.2, 0) is 6.61 Å². The fraction of sp³-hybridized carbons (Fsp3) is 0.0769. The minimum atomic E-state index is 0.199. The van der Waals surface area contributed by atoms with Crippen LogP contribution in [0.2, 0.25) is 0 Å². The van der Waals surface area contributed by atoms with Crippen LogP contribution in [0.15, 0.2) is 42.5 Å². The molecule has 0 saturated heterocycles. The Balaban J connectivity index is 1.84. The van der Waals surface area contributed by atoms with Gasteiger partial charge in [-0.2, -0.15) is 0 Å². The van der Waals surface area contributed by atoms with Crippen LogP contribution in [0.4, 0.5) is 5.82 Å². The van der Waals surface area contributed by atoms with Crippen LogP contribution in [0.3, 0.4) is 0 Å². The summed E-state index contributed by atoms with van der Waals surface area (Å²) in [4.78, 5) is 0. The SMILES string of the molecule is Nc1cccc2nnc(COc3ccc(O)cc3)n12. The van der Waals surface area contributed by atoms with Crippen molar-refractivity contribution in [3.63, 3.8) is 0 Å². The van der Waals surface area contributed by atoms with Crippen LogP contribution in [-0.4, -0.2) is 19.7 Å². The van der Waals surface area contributed by atoms with Crippen LogP contribution in [0.5, 0.6) is 11.5 Å². The third kappa shape index (κ3) is 2.15. The van der Waals surface area contributed by atoms with Gasteiger partial charge in [-0.15, -0.1) is 10.2 Å². The first kappa shape index (κ1) is 11.3. The molecule has 96 valence electrons. The lowest BCUT2D eigenvalue weighted by molar-refractivity contribution is 0.294. The highest BCUT2D eigenvalue weighted by Crippen LogP contribution is 2.17. The molecule has 0 aliphatic carbocycles. The number of phenolic OH excluding ortho intramolecular Hbond substituents is 1. The fourth-order valence-electron chi connectivity index (χ4n) is 1.81. The molecule has 2 aromatic heterocycles. The number of nitrogens with two attached hydrogens (primary N) is 1. The number of phenols is 1. The van der Waals surface area contributed by atoms with E-state index < -0.39 is 0 Å². The maximum absolute atomic E-state index is 9.19. The van der Waals surface area contributed by atoms with Crippen LogP contribution in [0.1, 0.15) is 5.82 Å². The molecule has 3 N–H and O–H groups in total. The van der Waals surface area contributed by atoms with Gasteiger partial charge >= 0.3 is 0 Å². The molecule has 3 rings (SSSR count). The second-order valence-corrected chi connectivity index (χ2v) is 4.04. The zero-order chi connectivity index (χ0) is 13.2. The number of rotatable bonds is 3. The number of aromatic hydroxyl groups is 1. The molecule has 1 aromatic carbocycles. The van der Waals surface area contributed by atoms with Crippen LogP contribution < -0.4 is 10.5 Å². The molecular formula is C13H12N4O2. The number of aromatic nitrogens is 3. The Labute approximate surface area is 109 Å². The number of pyridine rings is 1. The molecule has 19 heavy (non-hydrogen) atoms. The van der Waals surface area contributed by atoms with Gasteiger partial charge in [0, 0.05) is 0 Å². The smallest absolute Gasteiger partial charge is 0.177 e. The van der Waals surface area contributed by atoms with E-state index in [-0.39, 0.29) is 12.4 Å².